The second kappa shape index (κ2) is 11.2. The van der Waals surface area contributed by atoms with Gasteiger partial charge in [0, 0.05) is 37.4 Å². The molecule has 0 fully saturated rings. The molecule has 0 saturated heterocycles. The lowest BCUT2D eigenvalue weighted by Crippen LogP contribution is -2.31. The summed E-state index contributed by atoms with van der Waals surface area (Å²) >= 11 is 0. The number of nitrogens with zero attached hydrogens (tertiary/aromatic N) is 5. The number of aryl methyl sites for hydroxylation is 2. The van der Waals surface area contributed by atoms with E-state index in [2.05, 4.69) is 25.7 Å². The molecule has 0 bridgehead atoms. The highest BCUT2D eigenvalue weighted by Gasteiger charge is 2.23. The number of nitrogens with one attached hydrogen (secondary N) is 2. The molecule has 0 aliphatic heterocycles. The third kappa shape index (κ3) is 6.15. The van der Waals surface area contributed by atoms with Gasteiger partial charge < -0.3 is 15.5 Å². The van der Waals surface area contributed by atoms with Gasteiger partial charge in [0.15, 0.2) is 0 Å². The van der Waals surface area contributed by atoms with Crippen molar-refractivity contribution >= 4 is 23.6 Å². The topological polar surface area (TPSA) is 105 Å². The fourth-order valence-corrected chi connectivity index (χ4v) is 3.52. The first-order valence-electron chi connectivity index (χ1n) is 11.2. The minimum Gasteiger partial charge on any atom is -0.354 e. The van der Waals surface area contributed by atoms with Crippen LogP contribution in [-0.2, 0) is 4.79 Å². The highest BCUT2D eigenvalue weighted by molar-refractivity contribution is 6.03. The van der Waals surface area contributed by atoms with Crippen LogP contribution in [0.15, 0.2) is 42.6 Å². The lowest BCUT2D eigenvalue weighted by atomic mass is 10.2. The molecule has 9 nitrogen and oxygen atoms in total. The van der Waals surface area contributed by atoms with E-state index in [0.717, 1.165) is 17.1 Å². The molecular formula is C24H31N7O2. The van der Waals surface area contributed by atoms with Crippen LogP contribution < -0.4 is 10.6 Å². The summed E-state index contributed by atoms with van der Waals surface area (Å²) in [6.07, 6.45) is 2.37. The Hall–Kier alpha value is -3.75. The van der Waals surface area contributed by atoms with E-state index in [4.69, 9.17) is 0 Å². The van der Waals surface area contributed by atoms with E-state index in [-0.39, 0.29) is 18.2 Å². The molecule has 0 aliphatic carbocycles. The van der Waals surface area contributed by atoms with Gasteiger partial charge in [-0.1, -0.05) is 18.2 Å². The molecule has 2 aromatic heterocycles. The largest absolute Gasteiger partial charge is 0.354 e. The summed E-state index contributed by atoms with van der Waals surface area (Å²) in [5.41, 5.74) is 2.92. The second-order valence-corrected chi connectivity index (χ2v) is 7.68. The standard InChI is InChI=1S/C24H31N7O2/c1-5-30(6-2)23(33)20-16-26-31(19-11-8-7-9-12-19)22(20)29-21(32)13-10-14-25-24-27-17(3)15-18(4)28-24/h7-9,11-12,15-16H,5-6,10,13-14H2,1-4H3,(H,29,32)(H,25,27,28). The second-order valence-electron chi connectivity index (χ2n) is 7.68. The van der Waals surface area contributed by atoms with Crippen LogP contribution in [-0.4, -0.2) is 56.1 Å². The van der Waals surface area contributed by atoms with Crippen LogP contribution in [0, 0.1) is 13.8 Å². The monoisotopic (exact) mass is 449 g/mol. The Morgan fingerprint density at radius 1 is 1.03 bits per heavy atom. The van der Waals surface area contributed by atoms with Gasteiger partial charge in [-0.05, 0) is 52.3 Å². The van der Waals surface area contributed by atoms with E-state index in [1.54, 1.807) is 9.58 Å². The smallest absolute Gasteiger partial charge is 0.259 e. The van der Waals surface area contributed by atoms with Crippen molar-refractivity contribution in [2.24, 2.45) is 0 Å². The van der Waals surface area contributed by atoms with Gasteiger partial charge in [0.2, 0.25) is 11.9 Å². The van der Waals surface area contributed by atoms with Crippen LogP contribution in [0.25, 0.3) is 5.69 Å². The van der Waals surface area contributed by atoms with E-state index in [0.29, 0.717) is 43.4 Å². The number of hydrogen-bond acceptors (Lipinski definition) is 6. The Kier molecular flexibility index (Phi) is 8.12. The van der Waals surface area contributed by atoms with E-state index >= 15 is 0 Å². The van der Waals surface area contributed by atoms with Gasteiger partial charge in [0.25, 0.3) is 5.91 Å². The van der Waals surface area contributed by atoms with Crippen molar-refractivity contribution in [2.45, 2.75) is 40.5 Å². The number of anilines is 2. The zero-order valence-electron chi connectivity index (χ0n) is 19.6. The zero-order valence-corrected chi connectivity index (χ0v) is 19.6. The number of para-hydroxylation sites is 1. The van der Waals surface area contributed by atoms with Gasteiger partial charge in [0.1, 0.15) is 11.4 Å². The number of amides is 2. The summed E-state index contributed by atoms with van der Waals surface area (Å²) in [6, 6.07) is 11.3. The van der Waals surface area contributed by atoms with E-state index in [9.17, 15) is 9.59 Å². The Balaban J connectivity index is 1.70. The molecule has 2 N–H and O–H groups in total. The van der Waals surface area contributed by atoms with Crippen molar-refractivity contribution in [3.8, 4) is 5.69 Å². The molecule has 174 valence electrons. The van der Waals surface area contributed by atoms with Gasteiger partial charge in [-0.25, -0.2) is 14.6 Å². The highest BCUT2D eigenvalue weighted by atomic mass is 16.2. The van der Waals surface area contributed by atoms with Crippen LogP contribution in [0.4, 0.5) is 11.8 Å². The summed E-state index contributed by atoms with van der Waals surface area (Å²) in [4.78, 5) is 36.2. The molecule has 2 amide bonds. The average molecular weight is 450 g/mol. The molecule has 1 aromatic carbocycles. The summed E-state index contributed by atoms with van der Waals surface area (Å²) in [6.45, 7) is 9.39. The molecule has 0 radical (unpaired) electrons. The van der Waals surface area contributed by atoms with Crippen molar-refractivity contribution in [3.63, 3.8) is 0 Å². The molecule has 0 saturated carbocycles. The number of carbonyl (C=O) groups excluding carboxylic acids is 2. The Morgan fingerprint density at radius 2 is 1.70 bits per heavy atom. The minimum atomic E-state index is -0.190. The first kappa shape index (κ1) is 23.9. The number of carbonyl (C=O) groups is 2. The van der Waals surface area contributed by atoms with E-state index in [1.165, 1.54) is 6.20 Å². The molecule has 2 heterocycles. The van der Waals surface area contributed by atoms with Gasteiger partial charge in [-0.3, -0.25) is 9.59 Å². The van der Waals surface area contributed by atoms with Crippen molar-refractivity contribution in [3.05, 3.63) is 59.5 Å². The Labute approximate surface area is 194 Å². The average Bonchev–Trinajstić information content (AvgIpc) is 3.20. The summed E-state index contributed by atoms with van der Waals surface area (Å²) < 4.78 is 1.59. The molecule has 3 aromatic rings. The maximum atomic E-state index is 13.0. The van der Waals surface area contributed by atoms with Gasteiger partial charge in [-0.2, -0.15) is 5.10 Å². The number of aromatic nitrogens is 4. The van der Waals surface area contributed by atoms with Crippen LogP contribution in [0.1, 0.15) is 48.4 Å². The number of benzene rings is 1. The van der Waals surface area contributed by atoms with Crippen LogP contribution in [0.5, 0.6) is 0 Å². The molecule has 0 spiro atoms. The normalized spacial score (nSPS) is 10.7. The fourth-order valence-electron chi connectivity index (χ4n) is 3.52. The third-order valence-electron chi connectivity index (χ3n) is 5.15. The quantitative estimate of drug-likeness (QED) is 0.458. The third-order valence-corrected chi connectivity index (χ3v) is 5.15. The SMILES string of the molecule is CCN(CC)C(=O)c1cnn(-c2ccccc2)c1NC(=O)CCCNc1nc(C)cc(C)n1. The van der Waals surface area contributed by atoms with Gasteiger partial charge in [0.05, 0.1) is 11.9 Å². The van der Waals surface area contributed by atoms with E-state index in [1.807, 2.05) is 64.1 Å². The zero-order chi connectivity index (χ0) is 23.8. The van der Waals surface area contributed by atoms with Crippen molar-refractivity contribution in [2.75, 3.05) is 30.3 Å². The maximum absolute atomic E-state index is 13.0. The fraction of sp³-hybridized carbons (Fsp3) is 0.375. The van der Waals surface area contributed by atoms with Crippen LogP contribution in [0.3, 0.4) is 0 Å². The molecule has 33 heavy (non-hydrogen) atoms. The van der Waals surface area contributed by atoms with Crippen molar-refractivity contribution < 1.29 is 9.59 Å². The molecular weight excluding hydrogens is 418 g/mol. The molecule has 3 rings (SSSR count). The molecule has 0 aliphatic rings. The van der Waals surface area contributed by atoms with Crippen LogP contribution in [0.2, 0.25) is 0 Å². The predicted molar refractivity (Wildman–Crippen MR) is 129 cm³/mol. The Bertz CT molecular complexity index is 1070. The summed E-state index contributed by atoms with van der Waals surface area (Å²) in [7, 11) is 0. The highest BCUT2D eigenvalue weighted by Crippen LogP contribution is 2.22. The maximum Gasteiger partial charge on any atom is 0.259 e. The molecule has 0 atom stereocenters. The molecule has 0 unspecified atom stereocenters. The van der Waals surface area contributed by atoms with Crippen molar-refractivity contribution in [1.29, 1.82) is 0 Å². The van der Waals surface area contributed by atoms with E-state index < -0.39 is 0 Å². The van der Waals surface area contributed by atoms with Crippen molar-refractivity contribution in [1.82, 2.24) is 24.6 Å². The number of rotatable bonds is 10. The lowest BCUT2D eigenvalue weighted by Gasteiger charge is -2.19. The summed E-state index contributed by atoms with van der Waals surface area (Å²) in [5.74, 6) is 0.589. The van der Waals surface area contributed by atoms with Gasteiger partial charge in [-0.15, -0.1) is 0 Å². The Morgan fingerprint density at radius 3 is 2.33 bits per heavy atom. The first-order valence-corrected chi connectivity index (χ1v) is 11.2. The summed E-state index contributed by atoms with van der Waals surface area (Å²) in [5, 5.41) is 10.5. The van der Waals surface area contributed by atoms with Gasteiger partial charge >= 0.3 is 0 Å². The first-order chi connectivity index (χ1) is 15.9. The molecule has 9 heteroatoms. The number of hydrogen-bond donors (Lipinski definition) is 2. The minimum absolute atomic E-state index is 0.161. The van der Waals surface area contributed by atoms with Crippen LogP contribution >= 0.6 is 0 Å². The predicted octanol–water partition coefficient (Wildman–Crippen LogP) is 3.59. The lowest BCUT2D eigenvalue weighted by molar-refractivity contribution is -0.116.